The van der Waals surface area contributed by atoms with E-state index in [2.05, 4.69) is 6.58 Å². The van der Waals surface area contributed by atoms with Crippen molar-refractivity contribution in [1.29, 1.82) is 0 Å². The predicted molar refractivity (Wildman–Crippen MR) is 58.4 cm³/mol. The predicted octanol–water partition coefficient (Wildman–Crippen LogP) is 1.93. The number of hydrogen-bond donors (Lipinski definition) is 2. The molecular formula is C12H14O3. The zero-order chi connectivity index (χ0) is 11.5. The van der Waals surface area contributed by atoms with Crippen LogP contribution in [-0.4, -0.2) is 21.8 Å². The molecule has 0 aliphatic carbocycles. The number of carbonyl (C=O) groups is 1. The molecule has 15 heavy (non-hydrogen) atoms. The van der Waals surface area contributed by atoms with E-state index in [1.807, 2.05) is 6.07 Å². The molecule has 3 heteroatoms. The van der Waals surface area contributed by atoms with Crippen LogP contribution in [0, 0.1) is 0 Å². The van der Waals surface area contributed by atoms with Crippen LogP contribution in [0.4, 0.5) is 0 Å². The van der Waals surface area contributed by atoms with E-state index in [4.69, 9.17) is 5.11 Å². The van der Waals surface area contributed by atoms with E-state index in [0.717, 1.165) is 0 Å². The average molecular weight is 206 g/mol. The van der Waals surface area contributed by atoms with Gasteiger partial charge in [-0.1, -0.05) is 43.8 Å². The first kappa shape index (κ1) is 11.5. The topological polar surface area (TPSA) is 57.5 Å². The van der Waals surface area contributed by atoms with E-state index in [1.165, 1.54) is 0 Å². The van der Waals surface area contributed by atoms with Crippen molar-refractivity contribution in [3.8, 4) is 0 Å². The van der Waals surface area contributed by atoms with E-state index in [9.17, 15) is 9.90 Å². The highest BCUT2D eigenvalue weighted by Crippen LogP contribution is 2.28. The fraction of sp³-hybridized carbons (Fsp3) is 0.250. The summed E-state index contributed by atoms with van der Waals surface area (Å²) in [5.74, 6) is -1.26. The van der Waals surface area contributed by atoms with Crippen molar-refractivity contribution in [2.45, 2.75) is 18.9 Å². The van der Waals surface area contributed by atoms with Crippen molar-refractivity contribution < 1.29 is 15.0 Å². The lowest BCUT2D eigenvalue weighted by Crippen LogP contribution is -2.38. The summed E-state index contributed by atoms with van der Waals surface area (Å²) >= 11 is 0. The Morgan fingerprint density at radius 2 is 1.93 bits per heavy atom. The molecule has 0 fully saturated rings. The molecule has 0 amide bonds. The Bertz CT molecular complexity index is 370. The molecular weight excluding hydrogens is 192 g/mol. The van der Waals surface area contributed by atoms with Gasteiger partial charge in [-0.3, -0.25) is 0 Å². The molecule has 1 aromatic carbocycles. The van der Waals surface area contributed by atoms with Gasteiger partial charge in [-0.2, -0.15) is 0 Å². The molecule has 0 saturated heterocycles. The number of benzene rings is 1. The van der Waals surface area contributed by atoms with Gasteiger partial charge >= 0.3 is 5.97 Å². The summed E-state index contributed by atoms with van der Waals surface area (Å²) < 4.78 is 0. The van der Waals surface area contributed by atoms with Gasteiger partial charge in [-0.05, 0) is 17.6 Å². The highest BCUT2D eigenvalue weighted by atomic mass is 16.4. The highest BCUT2D eigenvalue weighted by molar-refractivity contribution is 5.94. The van der Waals surface area contributed by atoms with Crippen LogP contribution in [0.1, 0.15) is 18.9 Å². The maximum Gasteiger partial charge on any atom is 0.340 e. The molecule has 1 atom stereocenters. The van der Waals surface area contributed by atoms with Gasteiger partial charge < -0.3 is 10.2 Å². The lowest BCUT2D eigenvalue weighted by atomic mass is 9.87. The number of rotatable bonds is 4. The first-order chi connectivity index (χ1) is 7.02. The third-order valence-electron chi connectivity index (χ3n) is 2.49. The number of carboxylic acid groups (broad SMARTS) is 1. The largest absolute Gasteiger partial charge is 0.479 e. The van der Waals surface area contributed by atoms with E-state index in [0.29, 0.717) is 5.56 Å². The van der Waals surface area contributed by atoms with E-state index in [-0.39, 0.29) is 12.0 Å². The molecule has 0 aliphatic heterocycles. The first-order valence-electron chi connectivity index (χ1n) is 4.73. The normalized spacial score (nSPS) is 14.3. The standard InChI is InChI=1S/C12H14O3/c1-3-12(15,11(13)14)9(2)10-7-5-4-6-8-10/h4-8,15H,2-3H2,1H3,(H,13,14). The molecule has 0 aliphatic rings. The molecule has 3 nitrogen and oxygen atoms in total. The summed E-state index contributed by atoms with van der Waals surface area (Å²) in [5.41, 5.74) is -1.01. The Morgan fingerprint density at radius 3 is 2.33 bits per heavy atom. The second-order valence-corrected chi connectivity index (χ2v) is 3.36. The van der Waals surface area contributed by atoms with Gasteiger partial charge in [0.1, 0.15) is 0 Å². The van der Waals surface area contributed by atoms with Crippen molar-refractivity contribution >= 4 is 11.5 Å². The fourth-order valence-electron chi connectivity index (χ4n) is 1.37. The Morgan fingerprint density at radius 1 is 1.40 bits per heavy atom. The molecule has 0 aromatic heterocycles. The first-order valence-corrected chi connectivity index (χ1v) is 4.73. The van der Waals surface area contributed by atoms with Gasteiger partial charge in [-0.25, -0.2) is 4.79 Å². The lowest BCUT2D eigenvalue weighted by Gasteiger charge is -2.24. The Balaban J connectivity index is 3.08. The van der Waals surface area contributed by atoms with Crippen LogP contribution in [0.15, 0.2) is 36.9 Å². The number of carboxylic acids is 1. The molecule has 1 unspecified atom stereocenters. The molecule has 80 valence electrons. The smallest absolute Gasteiger partial charge is 0.340 e. The Hall–Kier alpha value is -1.61. The highest BCUT2D eigenvalue weighted by Gasteiger charge is 2.37. The van der Waals surface area contributed by atoms with Crippen LogP contribution in [0.25, 0.3) is 5.57 Å². The minimum absolute atomic E-state index is 0.0933. The van der Waals surface area contributed by atoms with Gasteiger partial charge in [0.2, 0.25) is 0 Å². The summed E-state index contributed by atoms with van der Waals surface area (Å²) in [7, 11) is 0. The summed E-state index contributed by atoms with van der Waals surface area (Å²) in [6.07, 6.45) is 0.0933. The molecule has 1 aromatic rings. The van der Waals surface area contributed by atoms with Gasteiger partial charge in [0.05, 0.1) is 0 Å². The van der Waals surface area contributed by atoms with Crippen molar-refractivity contribution in [1.82, 2.24) is 0 Å². The second-order valence-electron chi connectivity index (χ2n) is 3.36. The lowest BCUT2D eigenvalue weighted by molar-refractivity contribution is -0.152. The molecule has 0 saturated carbocycles. The third kappa shape index (κ3) is 2.07. The van der Waals surface area contributed by atoms with Crippen molar-refractivity contribution in [2.75, 3.05) is 0 Å². The molecule has 1 rings (SSSR count). The van der Waals surface area contributed by atoms with Crippen LogP contribution < -0.4 is 0 Å². The second kappa shape index (κ2) is 4.28. The summed E-state index contributed by atoms with van der Waals surface area (Å²) in [5, 5.41) is 18.9. The van der Waals surface area contributed by atoms with Crippen molar-refractivity contribution in [3.05, 3.63) is 42.5 Å². The fourth-order valence-corrected chi connectivity index (χ4v) is 1.37. The van der Waals surface area contributed by atoms with Crippen LogP contribution in [-0.2, 0) is 4.79 Å². The van der Waals surface area contributed by atoms with Crippen LogP contribution in [0.5, 0.6) is 0 Å². The van der Waals surface area contributed by atoms with Gasteiger partial charge in [0, 0.05) is 0 Å². The molecule has 2 N–H and O–H groups in total. The zero-order valence-electron chi connectivity index (χ0n) is 8.60. The van der Waals surface area contributed by atoms with E-state index < -0.39 is 11.6 Å². The quantitative estimate of drug-likeness (QED) is 0.791. The summed E-state index contributed by atoms with van der Waals surface area (Å²) in [4.78, 5) is 11.0. The van der Waals surface area contributed by atoms with E-state index >= 15 is 0 Å². The molecule has 0 spiro atoms. The monoisotopic (exact) mass is 206 g/mol. The maximum absolute atomic E-state index is 11.0. The SMILES string of the molecule is C=C(c1ccccc1)C(O)(CC)C(=O)O. The van der Waals surface area contributed by atoms with Crippen LogP contribution >= 0.6 is 0 Å². The minimum atomic E-state index is -1.87. The zero-order valence-corrected chi connectivity index (χ0v) is 8.60. The molecule has 0 heterocycles. The summed E-state index contributed by atoms with van der Waals surface area (Å²) in [6, 6.07) is 8.83. The number of aliphatic carboxylic acids is 1. The number of aliphatic hydroxyl groups is 1. The minimum Gasteiger partial charge on any atom is -0.479 e. The van der Waals surface area contributed by atoms with Crippen LogP contribution in [0.2, 0.25) is 0 Å². The van der Waals surface area contributed by atoms with E-state index in [1.54, 1.807) is 31.2 Å². The van der Waals surface area contributed by atoms with Gasteiger partial charge in [0.25, 0.3) is 0 Å². The summed E-state index contributed by atoms with van der Waals surface area (Å²) in [6.45, 7) is 5.27. The number of hydrogen-bond acceptors (Lipinski definition) is 2. The van der Waals surface area contributed by atoms with Crippen molar-refractivity contribution in [3.63, 3.8) is 0 Å². The molecule has 0 bridgehead atoms. The van der Waals surface area contributed by atoms with Gasteiger partial charge in [0.15, 0.2) is 5.60 Å². The molecule has 0 radical (unpaired) electrons. The Labute approximate surface area is 88.7 Å². The van der Waals surface area contributed by atoms with Crippen molar-refractivity contribution in [2.24, 2.45) is 0 Å². The Kier molecular flexibility index (Phi) is 3.27. The van der Waals surface area contributed by atoms with Crippen LogP contribution in [0.3, 0.4) is 0 Å². The van der Waals surface area contributed by atoms with Gasteiger partial charge in [-0.15, -0.1) is 0 Å². The average Bonchev–Trinajstić information content (AvgIpc) is 2.28. The maximum atomic E-state index is 11.0. The third-order valence-corrected chi connectivity index (χ3v) is 2.49.